The van der Waals surface area contributed by atoms with Gasteiger partial charge in [-0.05, 0) is 65.2 Å². The molecule has 1 N–H and O–H groups in total. The molecule has 0 atom stereocenters. The molecule has 0 radical (unpaired) electrons. The van der Waals surface area contributed by atoms with Crippen LogP contribution in [0.1, 0.15) is 91.2 Å². The first-order valence-electron chi connectivity index (χ1n) is 11.9. The van der Waals surface area contributed by atoms with E-state index in [0.29, 0.717) is 0 Å². The number of carbonyl (C=O) groups is 1. The molecule has 32 heavy (non-hydrogen) atoms. The first-order valence-corrected chi connectivity index (χ1v) is 11.9. The Labute approximate surface area is 194 Å². The zero-order valence-electron chi connectivity index (χ0n) is 20.8. The van der Waals surface area contributed by atoms with Crippen molar-refractivity contribution < 1.29 is 19.0 Å². The van der Waals surface area contributed by atoms with Crippen molar-refractivity contribution >= 4 is 6.09 Å². The number of rotatable bonds is 8. The maximum atomic E-state index is 12.4. The average molecular weight is 444 g/mol. The Morgan fingerprint density at radius 2 is 1.62 bits per heavy atom. The molecule has 1 heterocycles. The summed E-state index contributed by atoms with van der Waals surface area (Å²) in [6.07, 6.45) is 8.37. The number of ether oxygens (including phenoxy) is 3. The molecule has 0 aromatic heterocycles. The Balaban J connectivity index is 2.01. The Hall–Kier alpha value is -2.03. The summed E-state index contributed by atoms with van der Waals surface area (Å²) < 4.78 is 17.0. The highest BCUT2D eigenvalue weighted by molar-refractivity contribution is 5.70. The van der Waals surface area contributed by atoms with E-state index in [0.717, 1.165) is 12.0 Å². The fraction of sp³-hybridized carbons (Fsp3) is 0.667. The normalized spacial score (nSPS) is 17.2. The molecule has 0 spiro atoms. The maximum Gasteiger partial charge on any atom is 0.409 e. The van der Waals surface area contributed by atoms with E-state index in [4.69, 9.17) is 14.2 Å². The minimum atomic E-state index is -0.963. The molecule has 0 bridgehead atoms. The molecule has 1 aliphatic heterocycles. The second kappa shape index (κ2) is 11.7. The second-order valence-electron chi connectivity index (χ2n) is 10.2. The molecule has 2 rings (SSSR count). The third-order valence-corrected chi connectivity index (χ3v) is 5.29. The third-order valence-electron chi connectivity index (χ3n) is 5.29. The van der Waals surface area contributed by atoms with Crippen molar-refractivity contribution in [3.8, 4) is 11.8 Å². The number of hydrogen-bond acceptors (Lipinski definition) is 4. The summed E-state index contributed by atoms with van der Waals surface area (Å²) in [6.45, 7) is 11.9. The molecule has 1 aromatic carbocycles. The maximum absolute atomic E-state index is 12.4. The van der Waals surface area contributed by atoms with Gasteiger partial charge in [-0.1, -0.05) is 63.0 Å². The van der Waals surface area contributed by atoms with Gasteiger partial charge in [-0.15, -0.1) is 0 Å². The van der Waals surface area contributed by atoms with Gasteiger partial charge < -0.3 is 19.5 Å². The summed E-state index contributed by atoms with van der Waals surface area (Å²) in [5.41, 5.74) is 0.667. The highest BCUT2D eigenvalue weighted by atomic mass is 16.7. The predicted molar refractivity (Wildman–Crippen MR) is 128 cm³/mol. The van der Waals surface area contributed by atoms with Crippen LogP contribution in [0.2, 0.25) is 0 Å². The Kier molecular flexibility index (Phi) is 9.61. The molecule has 0 unspecified atom stereocenters. The summed E-state index contributed by atoms with van der Waals surface area (Å²) in [5.74, 6) is 5.66. The Morgan fingerprint density at radius 3 is 2.22 bits per heavy atom. The van der Waals surface area contributed by atoms with Crippen LogP contribution in [0.5, 0.6) is 0 Å². The smallest absolute Gasteiger partial charge is 0.409 e. The zero-order chi connectivity index (χ0) is 23.7. The number of benzene rings is 1. The van der Waals surface area contributed by atoms with Crippen molar-refractivity contribution in [3.05, 3.63) is 35.4 Å². The SMILES string of the molecule is CCCCCCCCc1ccc(C#CC2(NC(=O)OC(C)(C)C)COC(C)(C)OC2)cc1. The number of carbonyl (C=O) groups excluding carboxylic acids is 1. The van der Waals surface area contributed by atoms with Crippen molar-refractivity contribution in [3.63, 3.8) is 0 Å². The monoisotopic (exact) mass is 443 g/mol. The van der Waals surface area contributed by atoms with E-state index in [1.807, 2.05) is 46.8 Å². The predicted octanol–water partition coefficient (Wildman–Crippen LogP) is 5.99. The van der Waals surface area contributed by atoms with Gasteiger partial charge in [0.25, 0.3) is 0 Å². The van der Waals surface area contributed by atoms with Crippen LogP contribution in [0.3, 0.4) is 0 Å². The van der Waals surface area contributed by atoms with Gasteiger partial charge in [0.15, 0.2) is 11.3 Å². The topological polar surface area (TPSA) is 56.8 Å². The van der Waals surface area contributed by atoms with Crippen molar-refractivity contribution in [2.24, 2.45) is 0 Å². The third kappa shape index (κ3) is 9.63. The summed E-state index contributed by atoms with van der Waals surface area (Å²) in [4.78, 5) is 12.4. The molecule has 1 saturated heterocycles. The molecule has 0 aliphatic carbocycles. The number of unbranched alkanes of at least 4 members (excludes halogenated alkanes) is 5. The fourth-order valence-electron chi connectivity index (χ4n) is 3.41. The minimum Gasteiger partial charge on any atom is -0.444 e. The summed E-state index contributed by atoms with van der Waals surface area (Å²) in [6, 6.07) is 8.35. The standard InChI is InChI=1S/C27H41NO4/c1-7-8-9-10-11-12-13-22-14-16-23(17-15-22)18-19-27(20-30-26(5,6)31-21-27)28-24(29)32-25(2,3)4/h14-17H,7-13,20-21H2,1-6H3,(H,28,29). The largest absolute Gasteiger partial charge is 0.444 e. The molecule has 0 saturated carbocycles. The van der Waals surface area contributed by atoms with Crippen LogP contribution < -0.4 is 5.32 Å². The van der Waals surface area contributed by atoms with Crippen molar-refractivity contribution in [1.82, 2.24) is 5.32 Å². The van der Waals surface area contributed by atoms with Crippen molar-refractivity contribution in [2.75, 3.05) is 13.2 Å². The lowest BCUT2D eigenvalue weighted by molar-refractivity contribution is -0.262. The van der Waals surface area contributed by atoms with Crippen LogP contribution >= 0.6 is 0 Å². The van der Waals surface area contributed by atoms with E-state index in [1.165, 1.54) is 44.1 Å². The molecule has 1 fully saturated rings. The van der Waals surface area contributed by atoms with Crippen LogP contribution in [0.4, 0.5) is 4.79 Å². The molecule has 5 nitrogen and oxygen atoms in total. The first kappa shape index (κ1) is 26.2. The van der Waals surface area contributed by atoms with E-state index in [1.54, 1.807) is 0 Å². The number of hydrogen-bond donors (Lipinski definition) is 1. The van der Waals surface area contributed by atoms with Crippen LogP contribution in [0.25, 0.3) is 0 Å². The lowest BCUT2D eigenvalue weighted by Gasteiger charge is -2.41. The minimum absolute atomic E-state index is 0.225. The Morgan fingerprint density at radius 1 is 1.03 bits per heavy atom. The summed E-state index contributed by atoms with van der Waals surface area (Å²) in [7, 11) is 0. The number of alkyl carbamates (subject to hydrolysis) is 1. The lowest BCUT2D eigenvalue weighted by Crippen LogP contribution is -2.60. The van der Waals surface area contributed by atoms with Crippen LogP contribution in [0, 0.1) is 11.8 Å². The van der Waals surface area contributed by atoms with Gasteiger partial charge in [-0.25, -0.2) is 4.79 Å². The van der Waals surface area contributed by atoms with Gasteiger partial charge in [-0.2, -0.15) is 0 Å². The zero-order valence-corrected chi connectivity index (χ0v) is 20.8. The van der Waals surface area contributed by atoms with Gasteiger partial charge in [0.2, 0.25) is 0 Å². The highest BCUT2D eigenvalue weighted by Gasteiger charge is 2.41. The second-order valence-corrected chi connectivity index (χ2v) is 10.2. The van der Waals surface area contributed by atoms with Crippen molar-refractivity contribution in [1.29, 1.82) is 0 Å². The average Bonchev–Trinajstić information content (AvgIpc) is 2.71. The van der Waals surface area contributed by atoms with Crippen molar-refractivity contribution in [2.45, 2.75) is 103 Å². The Bertz CT molecular complexity index is 771. The molecular formula is C27H41NO4. The summed E-state index contributed by atoms with van der Waals surface area (Å²) in [5, 5.41) is 2.87. The quantitative estimate of drug-likeness (QED) is 0.396. The number of aryl methyl sites for hydroxylation is 1. The summed E-state index contributed by atoms with van der Waals surface area (Å²) >= 11 is 0. The molecule has 5 heteroatoms. The number of nitrogens with one attached hydrogen (secondary N) is 1. The molecular weight excluding hydrogens is 402 g/mol. The van der Waals surface area contributed by atoms with Crippen LogP contribution in [-0.2, 0) is 20.6 Å². The molecule has 1 amide bonds. The fourth-order valence-corrected chi connectivity index (χ4v) is 3.41. The van der Waals surface area contributed by atoms with Crippen LogP contribution in [0.15, 0.2) is 24.3 Å². The lowest BCUT2D eigenvalue weighted by atomic mass is 9.99. The van der Waals surface area contributed by atoms with Gasteiger partial charge >= 0.3 is 6.09 Å². The van der Waals surface area contributed by atoms with E-state index < -0.39 is 23.0 Å². The van der Waals surface area contributed by atoms with Crippen LogP contribution in [-0.4, -0.2) is 36.2 Å². The highest BCUT2D eigenvalue weighted by Crippen LogP contribution is 2.24. The molecule has 1 aliphatic rings. The van der Waals surface area contributed by atoms with E-state index >= 15 is 0 Å². The van der Waals surface area contributed by atoms with E-state index in [9.17, 15) is 4.79 Å². The van der Waals surface area contributed by atoms with Gasteiger partial charge in [0, 0.05) is 5.56 Å². The van der Waals surface area contributed by atoms with E-state index in [-0.39, 0.29) is 13.2 Å². The van der Waals surface area contributed by atoms with E-state index in [2.05, 4.69) is 36.2 Å². The van der Waals surface area contributed by atoms with Gasteiger partial charge in [-0.3, -0.25) is 0 Å². The molecule has 178 valence electrons. The van der Waals surface area contributed by atoms with Gasteiger partial charge in [0.1, 0.15) is 5.60 Å². The number of amides is 1. The first-order chi connectivity index (χ1) is 15.0. The van der Waals surface area contributed by atoms with Gasteiger partial charge in [0.05, 0.1) is 13.2 Å². The molecule has 1 aromatic rings.